The van der Waals surface area contributed by atoms with E-state index >= 15 is 0 Å². The van der Waals surface area contributed by atoms with E-state index in [1.165, 1.54) is 13.1 Å². The van der Waals surface area contributed by atoms with Gasteiger partial charge in [0.2, 0.25) is 0 Å². The minimum Gasteiger partial charge on any atom is -0.497 e. The smallest absolute Gasteiger partial charge is 0.260 e. The van der Waals surface area contributed by atoms with Gasteiger partial charge in [0, 0.05) is 26.0 Å². The zero-order valence-electron chi connectivity index (χ0n) is 11.6. The van der Waals surface area contributed by atoms with Gasteiger partial charge in [0.1, 0.15) is 5.75 Å². The first-order chi connectivity index (χ1) is 8.93. The van der Waals surface area contributed by atoms with Gasteiger partial charge in [-0.25, -0.2) is 0 Å². The van der Waals surface area contributed by atoms with E-state index < -0.39 is 5.91 Å². The molecular weight excluding hydrogens is 244 g/mol. The summed E-state index contributed by atoms with van der Waals surface area (Å²) < 4.78 is 5.03. The molecule has 0 aliphatic rings. The molecule has 1 aromatic carbocycles. The molecule has 102 valence electrons. The molecular formula is C14H18N2O3. The second kappa shape index (κ2) is 6.58. The number of anilines is 1. The third kappa shape index (κ3) is 4.46. The highest BCUT2D eigenvalue weighted by Crippen LogP contribution is 2.15. The van der Waals surface area contributed by atoms with E-state index in [0.29, 0.717) is 11.4 Å². The quantitative estimate of drug-likeness (QED) is 0.498. The van der Waals surface area contributed by atoms with Gasteiger partial charge in [-0.3, -0.25) is 9.59 Å². The molecule has 1 aromatic rings. The predicted octanol–water partition coefficient (Wildman–Crippen LogP) is 1.67. The highest BCUT2D eigenvalue weighted by molar-refractivity contribution is 6.22. The normalized spacial score (nSPS) is 10.8. The number of carbonyl (C=O) groups excluding carboxylic acids is 2. The standard InChI is InChI=1S/C14H18N2O3/c1-10(17)13(9-16(2)3)14(18)15-11-5-7-12(19-4)8-6-11/h5-9H,1-4H3,(H,15,18)/b13-9-. The molecule has 0 aliphatic heterocycles. The van der Waals surface area contributed by atoms with Crippen molar-refractivity contribution in [2.24, 2.45) is 0 Å². The molecule has 19 heavy (non-hydrogen) atoms. The zero-order chi connectivity index (χ0) is 14.4. The van der Waals surface area contributed by atoms with Gasteiger partial charge in [0.25, 0.3) is 5.91 Å². The van der Waals surface area contributed by atoms with Crippen molar-refractivity contribution in [3.63, 3.8) is 0 Å². The van der Waals surface area contributed by atoms with E-state index in [0.717, 1.165) is 0 Å². The van der Waals surface area contributed by atoms with Gasteiger partial charge in [-0.15, -0.1) is 0 Å². The van der Waals surface area contributed by atoms with Gasteiger partial charge < -0.3 is 15.0 Å². The Balaban J connectivity index is 2.84. The number of rotatable bonds is 5. The van der Waals surface area contributed by atoms with E-state index in [1.54, 1.807) is 50.4 Å². The van der Waals surface area contributed by atoms with Crippen molar-refractivity contribution < 1.29 is 14.3 Å². The molecule has 0 aliphatic carbocycles. The lowest BCUT2D eigenvalue weighted by Crippen LogP contribution is -2.21. The van der Waals surface area contributed by atoms with Crippen molar-refractivity contribution in [3.05, 3.63) is 36.0 Å². The van der Waals surface area contributed by atoms with Crippen LogP contribution in [0.2, 0.25) is 0 Å². The summed E-state index contributed by atoms with van der Waals surface area (Å²) in [6.45, 7) is 1.36. The first-order valence-electron chi connectivity index (χ1n) is 5.78. The third-order valence-corrected chi connectivity index (χ3v) is 2.36. The largest absolute Gasteiger partial charge is 0.497 e. The van der Waals surface area contributed by atoms with Crippen molar-refractivity contribution in [3.8, 4) is 5.75 Å². The van der Waals surface area contributed by atoms with Crippen LogP contribution >= 0.6 is 0 Å². The molecule has 1 N–H and O–H groups in total. The Morgan fingerprint density at radius 2 is 1.79 bits per heavy atom. The molecule has 0 saturated carbocycles. The van der Waals surface area contributed by atoms with Crippen molar-refractivity contribution >= 4 is 17.4 Å². The lowest BCUT2D eigenvalue weighted by molar-refractivity contribution is -0.119. The maximum absolute atomic E-state index is 12.0. The molecule has 1 amide bonds. The van der Waals surface area contributed by atoms with Crippen molar-refractivity contribution in [1.29, 1.82) is 0 Å². The van der Waals surface area contributed by atoms with Crippen molar-refractivity contribution in [2.75, 3.05) is 26.5 Å². The van der Waals surface area contributed by atoms with E-state index in [1.807, 2.05) is 0 Å². The summed E-state index contributed by atoms with van der Waals surface area (Å²) in [5.41, 5.74) is 0.720. The minimum absolute atomic E-state index is 0.112. The summed E-state index contributed by atoms with van der Waals surface area (Å²) in [5, 5.41) is 2.67. The van der Waals surface area contributed by atoms with Gasteiger partial charge in [0.05, 0.1) is 12.7 Å². The summed E-state index contributed by atoms with van der Waals surface area (Å²) in [6, 6.07) is 6.89. The van der Waals surface area contributed by atoms with Gasteiger partial charge >= 0.3 is 0 Å². The first-order valence-corrected chi connectivity index (χ1v) is 5.78. The molecule has 0 saturated heterocycles. The molecule has 0 bridgehead atoms. The SMILES string of the molecule is COc1ccc(NC(=O)/C(=C\N(C)C)C(C)=O)cc1. The van der Waals surface area contributed by atoms with E-state index in [2.05, 4.69) is 5.32 Å². The Bertz CT molecular complexity index is 490. The molecule has 0 aromatic heterocycles. The Kier molecular flexibility index (Phi) is 5.11. The topological polar surface area (TPSA) is 58.6 Å². The molecule has 1 rings (SSSR count). The van der Waals surface area contributed by atoms with Crippen LogP contribution in [0.15, 0.2) is 36.0 Å². The van der Waals surface area contributed by atoms with Crippen LogP contribution < -0.4 is 10.1 Å². The van der Waals surface area contributed by atoms with Crippen LogP contribution in [0, 0.1) is 0 Å². The zero-order valence-corrected chi connectivity index (χ0v) is 11.6. The number of nitrogens with zero attached hydrogens (tertiary/aromatic N) is 1. The second-order valence-corrected chi connectivity index (χ2v) is 4.25. The number of Topliss-reactive ketones (excluding diaryl/α,β-unsaturated/α-hetero) is 1. The number of methoxy groups -OCH3 is 1. The van der Waals surface area contributed by atoms with Crippen LogP contribution in [0.5, 0.6) is 5.75 Å². The molecule has 0 spiro atoms. The fourth-order valence-electron chi connectivity index (χ4n) is 1.44. The highest BCUT2D eigenvalue weighted by Gasteiger charge is 2.14. The number of ether oxygens (including phenoxy) is 1. The van der Waals surface area contributed by atoms with Gasteiger partial charge in [-0.1, -0.05) is 0 Å². The number of hydrogen-bond donors (Lipinski definition) is 1. The molecule has 0 unspecified atom stereocenters. The van der Waals surface area contributed by atoms with Crippen molar-refractivity contribution in [2.45, 2.75) is 6.92 Å². The Hall–Kier alpha value is -2.30. The van der Waals surface area contributed by atoms with Gasteiger partial charge in [-0.2, -0.15) is 0 Å². The predicted molar refractivity (Wildman–Crippen MR) is 74.1 cm³/mol. The highest BCUT2D eigenvalue weighted by atomic mass is 16.5. The Morgan fingerprint density at radius 1 is 1.21 bits per heavy atom. The van der Waals surface area contributed by atoms with Crippen LogP contribution in [0.3, 0.4) is 0 Å². The lowest BCUT2D eigenvalue weighted by atomic mass is 10.2. The maximum Gasteiger partial charge on any atom is 0.260 e. The first kappa shape index (κ1) is 14.8. The van der Waals surface area contributed by atoms with E-state index in [4.69, 9.17) is 4.74 Å². The fraction of sp³-hybridized carbons (Fsp3) is 0.286. The maximum atomic E-state index is 12.0. The Morgan fingerprint density at radius 3 is 2.21 bits per heavy atom. The molecule has 0 radical (unpaired) electrons. The lowest BCUT2D eigenvalue weighted by Gasteiger charge is -2.10. The summed E-state index contributed by atoms with van der Waals surface area (Å²) in [5.74, 6) is -0.000275. The van der Waals surface area contributed by atoms with Gasteiger partial charge in [0.15, 0.2) is 5.78 Å². The average Bonchev–Trinajstić information content (AvgIpc) is 2.36. The molecule has 0 atom stereocenters. The number of ketones is 1. The second-order valence-electron chi connectivity index (χ2n) is 4.25. The summed E-state index contributed by atoms with van der Waals surface area (Å²) >= 11 is 0. The molecule has 5 heteroatoms. The van der Waals surface area contributed by atoms with Crippen LogP contribution in [0.25, 0.3) is 0 Å². The summed E-state index contributed by atoms with van der Waals surface area (Å²) in [6.07, 6.45) is 1.50. The number of carbonyl (C=O) groups is 2. The van der Waals surface area contributed by atoms with Crippen LogP contribution in [0.4, 0.5) is 5.69 Å². The van der Waals surface area contributed by atoms with E-state index in [-0.39, 0.29) is 11.4 Å². The minimum atomic E-state index is -0.425. The van der Waals surface area contributed by atoms with Crippen LogP contribution in [-0.2, 0) is 9.59 Å². The van der Waals surface area contributed by atoms with Crippen LogP contribution in [-0.4, -0.2) is 37.8 Å². The number of nitrogens with one attached hydrogen (secondary N) is 1. The number of hydrogen-bond acceptors (Lipinski definition) is 4. The summed E-state index contributed by atoms with van der Waals surface area (Å²) in [4.78, 5) is 25.1. The van der Waals surface area contributed by atoms with Crippen molar-refractivity contribution in [1.82, 2.24) is 4.90 Å². The fourth-order valence-corrected chi connectivity index (χ4v) is 1.44. The third-order valence-electron chi connectivity index (χ3n) is 2.36. The molecule has 0 fully saturated rings. The number of amides is 1. The average molecular weight is 262 g/mol. The molecule has 0 heterocycles. The van der Waals surface area contributed by atoms with Crippen LogP contribution in [0.1, 0.15) is 6.92 Å². The summed E-state index contributed by atoms with van der Waals surface area (Å²) in [7, 11) is 5.08. The molecule has 5 nitrogen and oxygen atoms in total. The van der Waals surface area contributed by atoms with E-state index in [9.17, 15) is 9.59 Å². The monoisotopic (exact) mass is 262 g/mol. The van der Waals surface area contributed by atoms with Gasteiger partial charge in [-0.05, 0) is 31.2 Å². The number of benzene rings is 1. The Labute approximate surface area is 112 Å².